The maximum atomic E-state index is 12.3. The minimum Gasteiger partial charge on any atom is -0.491 e. The van der Waals surface area contributed by atoms with E-state index in [9.17, 15) is 4.79 Å². The lowest BCUT2D eigenvalue weighted by molar-refractivity contribution is -0.111. The number of hydrogen-bond donors (Lipinski definition) is 1. The molecule has 3 rings (SSSR count). The molecule has 0 spiro atoms. The van der Waals surface area contributed by atoms with Crippen LogP contribution in [0.3, 0.4) is 0 Å². The molecule has 2 aromatic rings. The van der Waals surface area contributed by atoms with Gasteiger partial charge >= 0.3 is 0 Å². The van der Waals surface area contributed by atoms with Crippen LogP contribution in [0.1, 0.15) is 57.2 Å². The molecule has 1 amide bonds. The summed E-state index contributed by atoms with van der Waals surface area (Å²) in [6, 6.07) is 7.72. The van der Waals surface area contributed by atoms with Crippen molar-refractivity contribution in [3.8, 4) is 5.75 Å². The van der Waals surface area contributed by atoms with Gasteiger partial charge in [0.25, 0.3) is 0 Å². The van der Waals surface area contributed by atoms with Crippen molar-refractivity contribution in [1.82, 2.24) is 4.98 Å². The molecule has 5 heteroatoms. The molecule has 1 unspecified atom stereocenters. The predicted molar refractivity (Wildman–Crippen MR) is 117 cm³/mol. The summed E-state index contributed by atoms with van der Waals surface area (Å²) in [5.74, 6) is 1.32. The summed E-state index contributed by atoms with van der Waals surface area (Å²) >= 11 is 1.62. The number of anilines is 1. The zero-order valence-electron chi connectivity index (χ0n) is 17.4. The topological polar surface area (TPSA) is 51.2 Å². The molecule has 1 atom stereocenters. The monoisotopic (exact) mass is 398 g/mol. The molecule has 1 aromatic carbocycles. The largest absolute Gasteiger partial charge is 0.491 e. The third kappa shape index (κ3) is 5.44. The van der Waals surface area contributed by atoms with E-state index in [4.69, 9.17) is 4.74 Å². The molecular formula is C23H30N2O2S. The Balaban J connectivity index is 1.62. The van der Waals surface area contributed by atoms with E-state index in [1.165, 1.54) is 11.3 Å². The third-order valence-corrected chi connectivity index (χ3v) is 6.09. The number of aromatic nitrogens is 1. The highest BCUT2D eigenvalue weighted by molar-refractivity contribution is 7.15. The molecule has 0 saturated carbocycles. The van der Waals surface area contributed by atoms with Crippen molar-refractivity contribution in [3.63, 3.8) is 0 Å². The lowest BCUT2D eigenvalue weighted by Gasteiger charge is -2.33. The number of benzene rings is 1. The van der Waals surface area contributed by atoms with Crippen LogP contribution < -0.4 is 10.1 Å². The summed E-state index contributed by atoms with van der Waals surface area (Å²) < 4.78 is 5.69. The molecule has 0 radical (unpaired) electrons. The van der Waals surface area contributed by atoms with Crippen LogP contribution in [0.15, 0.2) is 30.3 Å². The first-order valence-electron chi connectivity index (χ1n) is 9.95. The van der Waals surface area contributed by atoms with Gasteiger partial charge in [0.1, 0.15) is 5.75 Å². The number of hydrogen-bond acceptors (Lipinski definition) is 4. The van der Waals surface area contributed by atoms with Crippen LogP contribution in [0.4, 0.5) is 5.13 Å². The van der Waals surface area contributed by atoms with E-state index < -0.39 is 0 Å². The Bertz CT molecular complexity index is 862. The van der Waals surface area contributed by atoms with E-state index in [0.29, 0.717) is 16.5 Å². The molecule has 0 aliphatic heterocycles. The fourth-order valence-corrected chi connectivity index (χ4v) is 4.54. The highest BCUT2D eigenvalue weighted by Crippen LogP contribution is 2.40. The number of amides is 1. The van der Waals surface area contributed by atoms with E-state index in [-0.39, 0.29) is 12.0 Å². The summed E-state index contributed by atoms with van der Waals surface area (Å²) in [5, 5.41) is 3.62. The molecule has 0 fully saturated rings. The first-order valence-corrected chi connectivity index (χ1v) is 10.8. The third-order valence-electron chi connectivity index (χ3n) is 5.05. The van der Waals surface area contributed by atoms with Crippen molar-refractivity contribution >= 4 is 28.5 Å². The van der Waals surface area contributed by atoms with Gasteiger partial charge in [0.15, 0.2) is 5.13 Å². The molecule has 1 N–H and O–H groups in total. The number of aryl methyl sites for hydroxylation is 1. The summed E-state index contributed by atoms with van der Waals surface area (Å²) in [6.07, 6.45) is 6.70. The Morgan fingerprint density at radius 2 is 2.14 bits per heavy atom. The number of thiazole rings is 1. The lowest BCUT2D eigenvalue weighted by Crippen LogP contribution is -2.26. The van der Waals surface area contributed by atoms with E-state index in [1.54, 1.807) is 23.5 Å². The van der Waals surface area contributed by atoms with E-state index in [2.05, 4.69) is 31.1 Å². The fourth-order valence-electron chi connectivity index (χ4n) is 3.45. The van der Waals surface area contributed by atoms with Crippen molar-refractivity contribution in [2.75, 3.05) is 5.32 Å². The first kappa shape index (κ1) is 20.6. The zero-order valence-corrected chi connectivity index (χ0v) is 18.2. The van der Waals surface area contributed by atoms with Gasteiger partial charge in [-0.25, -0.2) is 4.98 Å². The normalized spacial score (nSPS) is 17.0. The maximum Gasteiger partial charge on any atom is 0.250 e. The van der Waals surface area contributed by atoms with E-state index in [0.717, 1.165) is 29.8 Å². The van der Waals surface area contributed by atoms with Gasteiger partial charge in [0, 0.05) is 11.0 Å². The highest BCUT2D eigenvalue weighted by Gasteiger charge is 2.30. The van der Waals surface area contributed by atoms with Crippen molar-refractivity contribution < 1.29 is 9.53 Å². The molecule has 1 heterocycles. The first-order chi connectivity index (χ1) is 13.2. The molecule has 150 valence electrons. The average molecular weight is 399 g/mol. The Labute approximate surface area is 172 Å². The summed E-state index contributed by atoms with van der Waals surface area (Å²) in [7, 11) is 0. The Morgan fingerprint density at radius 3 is 2.86 bits per heavy atom. The molecule has 4 nitrogen and oxygen atoms in total. The number of carbonyl (C=O) groups excluding carboxylic acids is 1. The molecule has 0 bridgehead atoms. The molecule has 0 saturated heterocycles. The minimum atomic E-state index is -0.159. The van der Waals surface area contributed by atoms with Gasteiger partial charge in [-0.3, -0.25) is 10.1 Å². The number of rotatable bonds is 5. The van der Waals surface area contributed by atoms with Crippen LogP contribution >= 0.6 is 11.3 Å². The number of nitrogens with one attached hydrogen (secondary N) is 1. The fraction of sp³-hybridized carbons (Fsp3) is 0.478. The van der Waals surface area contributed by atoms with Gasteiger partial charge in [-0.2, -0.15) is 0 Å². The lowest BCUT2D eigenvalue weighted by atomic mass is 9.73. The maximum absolute atomic E-state index is 12.3. The van der Waals surface area contributed by atoms with Gasteiger partial charge in [0.05, 0.1) is 11.8 Å². The summed E-state index contributed by atoms with van der Waals surface area (Å²) in [6.45, 7) is 10.9. The zero-order chi connectivity index (χ0) is 20.3. The number of carbonyl (C=O) groups is 1. The summed E-state index contributed by atoms with van der Waals surface area (Å²) in [4.78, 5) is 18.3. The molecular weight excluding hydrogens is 368 g/mol. The number of nitrogens with zero attached hydrogens (tertiary/aromatic N) is 1. The number of fused-ring (bicyclic) bond motifs is 1. The van der Waals surface area contributed by atoms with Crippen molar-refractivity contribution in [2.24, 2.45) is 11.3 Å². The van der Waals surface area contributed by atoms with Gasteiger partial charge < -0.3 is 4.74 Å². The van der Waals surface area contributed by atoms with Crippen LogP contribution in [0.25, 0.3) is 6.08 Å². The van der Waals surface area contributed by atoms with Crippen LogP contribution in [-0.4, -0.2) is 17.0 Å². The Kier molecular flexibility index (Phi) is 6.23. The molecule has 1 aliphatic rings. The molecule has 1 aliphatic carbocycles. The second kappa shape index (κ2) is 8.48. The van der Waals surface area contributed by atoms with Crippen LogP contribution in [-0.2, 0) is 17.6 Å². The Morgan fingerprint density at radius 1 is 1.36 bits per heavy atom. The quantitative estimate of drug-likeness (QED) is 0.654. The molecule has 28 heavy (non-hydrogen) atoms. The van der Waals surface area contributed by atoms with Gasteiger partial charge in [0.2, 0.25) is 5.91 Å². The SMILES string of the molecule is CC(C)Oc1cccc(/C=C/C(=O)Nc2nc3c(s2)CC(C(C)(C)C)CC3)c1. The standard InChI is InChI=1S/C23H30N2O2S/c1-15(2)27-18-8-6-7-16(13-18)9-12-21(26)25-22-24-19-11-10-17(23(3,4)5)14-20(19)28-22/h6-9,12-13,15,17H,10-11,14H2,1-5H3,(H,24,25,26)/b12-9+. The van der Waals surface area contributed by atoms with E-state index >= 15 is 0 Å². The van der Waals surface area contributed by atoms with Crippen molar-refractivity contribution in [1.29, 1.82) is 0 Å². The van der Waals surface area contributed by atoms with Crippen LogP contribution in [0, 0.1) is 11.3 Å². The minimum absolute atomic E-state index is 0.122. The van der Waals surface area contributed by atoms with Gasteiger partial charge in [-0.15, -0.1) is 11.3 Å². The highest BCUT2D eigenvalue weighted by atomic mass is 32.1. The number of ether oxygens (including phenoxy) is 1. The summed E-state index contributed by atoms with van der Waals surface area (Å²) in [5.41, 5.74) is 2.39. The molecule has 1 aromatic heterocycles. The second-order valence-corrected chi connectivity index (χ2v) is 9.84. The van der Waals surface area contributed by atoms with Crippen molar-refractivity contribution in [2.45, 2.75) is 60.0 Å². The van der Waals surface area contributed by atoms with Crippen LogP contribution in [0.5, 0.6) is 5.75 Å². The smallest absolute Gasteiger partial charge is 0.250 e. The average Bonchev–Trinajstić information content (AvgIpc) is 3.00. The van der Waals surface area contributed by atoms with Crippen molar-refractivity contribution in [3.05, 3.63) is 46.5 Å². The predicted octanol–water partition coefficient (Wildman–Crippen LogP) is 5.73. The van der Waals surface area contributed by atoms with E-state index in [1.807, 2.05) is 38.1 Å². The second-order valence-electron chi connectivity index (χ2n) is 8.76. The van der Waals surface area contributed by atoms with Gasteiger partial charge in [-0.1, -0.05) is 32.9 Å². The van der Waals surface area contributed by atoms with Crippen LogP contribution in [0.2, 0.25) is 0 Å². The Hall–Kier alpha value is -2.14. The van der Waals surface area contributed by atoms with Gasteiger partial charge in [-0.05, 0) is 68.2 Å².